The number of rotatable bonds is 3. The molecular formula is C11H5ClF2N4O3. The third-order valence-corrected chi connectivity index (χ3v) is 2.54. The average molecular weight is 315 g/mol. The van der Waals surface area contributed by atoms with Gasteiger partial charge in [0.15, 0.2) is 0 Å². The van der Waals surface area contributed by atoms with Crippen LogP contribution in [0.5, 0.6) is 0 Å². The number of nitrogens with zero attached hydrogens (tertiary/aromatic N) is 3. The summed E-state index contributed by atoms with van der Waals surface area (Å²) in [6.45, 7) is 0. The van der Waals surface area contributed by atoms with Gasteiger partial charge in [0.1, 0.15) is 11.0 Å². The number of halogens is 3. The van der Waals surface area contributed by atoms with Crippen LogP contribution in [-0.2, 0) is 0 Å². The lowest BCUT2D eigenvalue weighted by atomic mass is 10.1. The zero-order chi connectivity index (χ0) is 15.6. The second-order valence-electron chi connectivity index (χ2n) is 3.70. The van der Waals surface area contributed by atoms with Gasteiger partial charge in [-0.3, -0.25) is 20.2 Å². The highest BCUT2D eigenvalue weighted by Gasteiger charge is 2.22. The molecule has 7 nitrogen and oxygen atoms in total. The topological polar surface area (TPSA) is 98.0 Å². The second-order valence-corrected chi connectivity index (χ2v) is 4.08. The molecule has 2 aromatic rings. The summed E-state index contributed by atoms with van der Waals surface area (Å²) < 4.78 is 27.0. The van der Waals surface area contributed by atoms with Gasteiger partial charge in [0.2, 0.25) is 11.8 Å². The van der Waals surface area contributed by atoms with Gasteiger partial charge in [-0.1, -0.05) is 11.6 Å². The predicted octanol–water partition coefficient (Wildman–Crippen LogP) is 2.57. The van der Waals surface area contributed by atoms with Crippen LogP contribution in [0.2, 0.25) is 5.15 Å². The maximum atomic E-state index is 13.6. The van der Waals surface area contributed by atoms with Gasteiger partial charge < -0.3 is 0 Å². The van der Waals surface area contributed by atoms with E-state index in [4.69, 9.17) is 11.6 Å². The van der Waals surface area contributed by atoms with Crippen LogP contribution in [0.3, 0.4) is 0 Å². The molecule has 0 spiro atoms. The molecule has 0 aliphatic rings. The molecule has 0 aliphatic heterocycles. The minimum atomic E-state index is -1.33. The number of hydrogen-bond acceptors (Lipinski definition) is 5. The molecule has 0 radical (unpaired) electrons. The molecule has 0 unspecified atom stereocenters. The van der Waals surface area contributed by atoms with Crippen LogP contribution in [-0.4, -0.2) is 20.8 Å². The van der Waals surface area contributed by atoms with Crippen molar-refractivity contribution in [1.29, 1.82) is 0 Å². The molecule has 0 fully saturated rings. The highest BCUT2D eigenvalue weighted by Crippen LogP contribution is 2.22. The number of nitrogens with one attached hydrogen (secondary N) is 1. The number of benzene rings is 1. The van der Waals surface area contributed by atoms with E-state index in [9.17, 15) is 23.7 Å². The Bertz CT molecular complexity index is 741. The van der Waals surface area contributed by atoms with Gasteiger partial charge in [-0.2, -0.15) is 4.39 Å². The summed E-state index contributed by atoms with van der Waals surface area (Å²) >= 11 is 5.57. The van der Waals surface area contributed by atoms with Crippen LogP contribution in [0.15, 0.2) is 24.4 Å². The lowest BCUT2D eigenvalue weighted by Crippen LogP contribution is -2.16. The summed E-state index contributed by atoms with van der Waals surface area (Å²) in [7, 11) is 0. The van der Waals surface area contributed by atoms with Crippen molar-refractivity contribution in [3.63, 3.8) is 0 Å². The smallest absolute Gasteiger partial charge is 0.290 e. The van der Waals surface area contributed by atoms with Crippen molar-refractivity contribution >= 4 is 29.1 Å². The van der Waals surface area contributed by atoms with E-state index in [1.165, 1.54) is 12.3 Å². The van der Waals surface area contributed by atoms with E-state index < -0.39 is 33.7 Å². The molecule has 0 aliphatic carbocycles. The lowest BCUT2D eigenvalue weighted by Gasteiger charge is -2.05. The number of hydrogen-bond donors (Lipinski definition) is 1. The van der Waals surface area contributed by atoms with Gasteiger partial charge >= 0.3 is 5.69 Å². The van der Waals surface area contributed by atoms with Crippen LogP contribution < -0.4 is 5.32 Å². The highest BCUT2D eigenvalue weighted by molar-refractivity contribution is 6.29. The van der Waals surface area contributed by atoms with E-state index >= 15 is 0 Å². The van der Waals surface area contributed by atoms with E-state index in [0.717, 1.165) is 0 Å². The third kappa shape index (κ3) is 3.26. The first kappa shape index (κ1) is 14.7. The second kappa shape index (κ2) is 5.75. The summed E-state index contributed by atoms with van der Waals surface area (Å²) in [6.07, 6.45) is 1.25. The molecule has 1 N–H and O–H groups in total. The molecule has 0 atom stereocenters. The van der Waals surface area contributed by atoms with Gasteiger partial charge in [-0.15, -0.1) is 0 Å². The minimum absolute atomic E-state index is 0.0376. The van der Waals surface area contributed by atoms with E-state index in [0.29, 0.717) is 12.1 Å². The summed E-state index contributed by atoms with van der Waals surface area (Å²) in [5, 5.41) is 12.6. The average Bonchev–Trinajstić information content (AvgIpc) is 2.40. The largest absolute Gasteiger partial charge is 0.307 e. The van der Waals surface area contributed by atoms with Crippen LogP contribution >= 0.6 is 11.6 Å². The SMILES string of the molecule is O=C(Nc1nccc(Cl)n1)c1cc(F)c([N+](=O)[O-])cc1F. The van der Waals surface area contributed by atoms with Crippen molar-refractivity contribution in [3.8, 4) is 0 Å². The Hall–Kier alpha value is -2.68. The lowest BCUT2D eigenvalue weighted by molar-refractivity contribution is -0.387. The van der Waals surface area contributed by atoms with Crippen LogP contribution in [0.25, 0.3) is 0 Å². The number of carbonyl (C=O) groups is 1. The summed E-state index contributed by atoms with van der Waals surface area (Å²) in [6, 6.07) is 2.10. The molecule has 1 heterocycles. The maximum Gasteiger partial charge on any atom is 0.307 e. The molecule has 2 rings (SSSR count). The van der Waals surface area contributed by atoms with E-state index in [-0.39, 0.29) is 11.1 Å². The Kier molecular flexibility index (Phi) is 4.03. The van der Waals surface area contributed by atoms with Crippen molar-refractivity contribution in [2.45, 2.75) is 0 Å². The molecule has 10 heteroatoms. The highest BCUT2D eigenvalue weighted by atomic mass is 35.5. The van der Waals surface area contributed by atoms with Crippen molar-refractivity contribution in [2.24, 2.45) is 0 Å². The van der Waals surface area contributed by atoms with Crippen LogP contribution in [0.1, 0.15) is 10.4 Å². The number of nitro groups is 1. The maximum absolute atomic E-state index is 13.6. The summed E-state index contributed by atoms with van der Waals surface area (Å²) in [4.78, 5) is 28.4. The van der Waals surface area contributed by atoms with Gasteiger partial charge in [-0.25, -0.2) is 14.4 Å². The molecule has 0 saturated carbocycles. The van der Waals surface area contributed by atoms with E-state index in [1.54, 1.807) is 0 Å². The Morgan fingerprint density at radius 2 is 2.05 bits per heavy atom. The van der Waals surface area contributed by atoms with Gasteiger partial charge in [-0.05, 0) is 12.1 Å². The van der Waals surface area contributed by atoms with E-state index in [2.05, 4.69) is 15.3 Å². The molecule has 21 heavy (non-hydrogen) atoms. The van der Waals surface area contributed by atoms with Crippen molar-refractivity contribution in [1.82, 2.24) is 9.97 Å². The minimum Gasteiger partial charge on any atom is -0.290 e. The fraction of sp³-hybridized carbons (Fsp3) is 0. The molecule has 1 amide bonds. The Morgan fingerprint density at radius 3 is 2.67 bits per heavy atom. The number of amides is 1. The third-order valence-electron chi connectivity index (χ3n) is 2.32. The fourth-order valence-electron chi connectivity index (χ4n) is 1.42. The first-order valence-electron chi connectivity index (χ1n) is 5.32. The zero-order valence-electron chi connectivity index (χ0n) is 10.0. The van der Waals surface area contributed by atoms with Crippen LogP contribution in [0, 0.1) is 21.7 Å². The number of nitro benzene ring substituents is 1. The van der Waals surface area contributed by atoms with Crippen molar-refractivity contribution in [3.05, 3.63) is 56.9 Å². The van der Waals surface area contributed by atoms with Gasteiger partial charge in [0.05, 0.1) is 16.6 Å². The molecule has 108 valence electrons. The van der Waals surface area contributed by atoms with Gasteiger partial charge in [0.25, 0.3) is 5.91 Å². The Labute approximate surface area is 120 Å². The molecule has 1 aromatic carbocycles. The zero-order valence-corrected chi connectivity index (χ0v) is 10.8. The number of anilines is 1. The standard InChI is InChI=1S/C11H5ClF2N4O3/c12-9-1-2-15-11(16-9)17-10(19)5-3-7(14)8(18(20)21)4-6(5)13/h1-4H,(H,15,16,17,19). The predicted molar refractivity (Wildman–Crippen MR) is 68.0 cm³/mol. The van der Waals surface area contributed by atoms with Crippen molar-refractivity contribution in [2.75, 3.05) is 5.32 Å². The fourth-order valence-corrected chi connectivity index (χ4v) is 1.55. The van der Waals surface area contributed by atoms with Crippen molar-refractivity contribution < 1.29 is 18.5 Å². The number of aromatic nitrogens is 2. The molecule has 0 saturated heterocycles. The molecular weight excluding hydrogens is 310 g/mol. The quantitative estimate of drug-likeness (QED) is 0.533. The number of carbonyl (C=O) groups excluding carboxylic acids is 1. The Morgan fingerprint density at radius 1 is 1.33 bits per heavy atom. The molecule has 1 aromatic heterocycles. The Balaban J connectivity index is 2.31. The monoisotopic (exact) mass is 314 g/mol. The first-order valence-corrected chi connectivity index (χ1v) is 5.69. The summed E-state index contributed by atoms with van der Waals surface area (Å²) in [5.74, 6) is -3.87. The van der Waals surface area contributed by atoms with Crippen LogP contribution in [0.4, 0.5) is 20.4 Å². The molecule has 0 bridgehead atoms. The normalized spacial score (nSPS) is 10.2. The van der Waals surface area contributed by atoms with Gasteiger partial charge in [0, 0.05) is 6.20 Å². The van der Waals surface area contributed by atoms with E-state index in [1.807, 2.05) is 0 Å². The first-order chi connectivity index (χ1) is 9.88. The summed E-state index contributed by atoms with van der Waals surface area (Å²) in [5.41, 5.74) is -1.79.